The number of halogens is 1. The Hall–Kier alpha value is -1.61. The third-order valence-electron chi connectivity index (χ3n) is 4.00. The molecule has 1 heterocycles. The van der Waals surface area contributed by atoms with E-state index < -0.39 is 0 Å². The van der Waals surface area contributed by atoms with Crippen LogP contribution in [0.25, 0.3) is 0 Å². The maximum absolute atomic E-state index is 12.0. The van der Waals surface area contributed by atoms with Gasteiger partial charge in [0.25, 0.3) is 5.91 Å². The highest BCUT2D eigenvalue weighted by Crippen LogP contribution is 2.14. The van der Waals surface area contributed by atoms with Gasteiger partial charge in [-0.1, -0.05) is 31.2 Å². The number of nitrogens with one attached hydrogen (secondary N) is 3. The number of carbonyl (C=O) groups excluding carboxylic acids is 1. The predicted octanol–water partition coefficient (Wildman–Crippen LogP) is 3.92. The fraction of sp³-hybridized carbons (Fsp3) is 0.429. The van der Waals surface area contributed by atoms with Crippen LogP contribution in [0.4, 0.5) is 0 Å². The number of nitrogens with zero attached hydrogens (tertiary/aromatic N) is 1. The van der Waals surface area contributed by atoms with Gasteiger partial charge in [-0.25, -0.2) is 0 Å². The molecule has 0 aliphatic heterocycles. The minimum Gasteiger partial charge on any atom is -0.357 e. The van der Waals surface area contributed by atoms with E-state index in [1.54, 1.807) is 11.3 Å². The summed E-state index contributed by atoms with van der Waals surface area (Å²) < 4.78 is 0. The lowest BCUT2D eigenvalue weighted by molar-refractivity contribution is 0.0953. The third kappa shape index (κ3) is 9.54. The van der Waals surface area contributed by atoms with Crippen molar-refractivity contribution in [3.05, 3.63) is 58.3 Å². The second kappa shape index (κ2) is 14.4. The summed E-state index contributed by atoms with van der Waals surface area (Å²) >= 11 is 1.80. The SMILES string of the molecule is CCNC(=NCC(C)Cc1cccs1)NCCCNC(=O)c1ccccc1.I. The molecular weight excluding hydrogens is 483 g/mol. The molecule has 0 aliphatic rings. The molecule has 0 saturated carbocycles. The van der Waals surface area contributed by atoms with Gasteiger partial charge >= 0.3 is 0 Å². The van der Waals surface area contributed by atoms with Crippen molar-refractivity contribution < 1.29 is 4.79 Å². The predicted molar refractivity (Wildman–Crippen MR) is 130 cm³/mol. The van der Waals surface area contributed by atoms with E-state index in [2.05, 4.69) is 52.3 Å². The van der Waals surface area contributed by atoms with Crippen molar-refractivity contribution >= 4 is 47.2 Å². The lowest BCUT2D eigenvalue weighted by Gasteiger charge is -2.13. The molecule has 2 rings (SSSR count). The average Bonchev–Trinajstić information content (AvgIpc) is 3.19. The van der Waals surface area contributed by atoms with Gasteiger partial charge in [-0.3, -0.25) is 9.79 Å². The fourth-order valence-electron chi connectivity index (χ4n) is 2.61. The van der Waals surface area contributed by atoms with Crippen LogP contribution < -0.4 is 16.0 Å². The van der Waals surface area contributed by atoms with Crippen LogP contribution in [-0.2, 0) is 6.42 Å². The molecule has 0 radical (unpaired) electrons. The summed E-state index contributed by atoms with van der Waals surface area (Å²) in [6.07, 6.45) is 1.90. The van der Waals surface area contributed by atoms with Crippen LogP contribution in [0.15, 0.2) is 52.8 Å². The smallest absolute Gasteiger partial charge is 0.251 e. The summed E-state index contributed by atoms with van der Waals surface area (Å²) in [6.45, 7) is 7.31. The molecule has 0 aliphatic carbocycles. The molecule has 0 spiro atoms. The largest absolute Gasteiger partial charge is 0.357 e. The minimum absolute atomic E-state index is 0. The monoisotopic (exact) mass is 514 g/mol. The highest BCUT2D eigenvalue weighted by atomic mass is 127. The second-order valence-corrected chi connectivity index (χ2v) is 7.54. The first kappa shape index (κ1) is 24.4. The first-order chi connectivity index (χ1) is 13.2. The number of guanidine groups is 1. The van der Waals surface area contributed by atoms with E-state index in [-0.39, 0.29) is 29.9 Å². The maximum Gasteiger partial charge on any atom is 0.251 e. The lowest BCUT2D eigenvalue weighted by atomic mass is 10.1. The van der Waals surface area contributed by atoms with E-state index >= 15 is 0 Å². The third-order valence-corrected chi connectivity index (χ3v) is 4.90. The van der Waals surface area contributed by atoms with E-state index in [1.165, 1.54) is 4.88 Å². The van der Waals surface area contributed by atoms with Gasteiger partial charge in [0, 0.05) is 36.6 Å². The number of hydrogen-bond acceptors (Lipinski definition) is 3. The fourth-order valence-corrected chi connectivity index (χ4v) is 3.48. The Balaban J connectivity index is 0.00000392. The van der Waals surface area contributed by atoms with Crippen LogP contribution >= 0.6 is 35.3 Å². The molecule has 1 aromatic carbocycles. The highest BCUT2D eigenvalue weighted by molar-refractivity contribution is 14.0. The Bertz CT molecular complexity index is 692. The highest BCUT2D eigenvalue weighted by Gasteiger charge is 2.06. The molecule has 28 heavy (non-hydrogen) atoms. The van der Waals surface area contributed by atoms with Crippen molar-refractivity contribution in [1.29, 1.82) is 0 Å². The number of benzene rings is 1. The zero-order valence-electron chi connectivity index (χ0n) is 16.6. The van der Waals surface area contributed by atoms with Gasteiger partial charge in [0.15, 0.2) is 5.96 Å². The topological polar surface area (TPSA) is 65.5 Å². The van der Waals surface area contributed by atoms with Gasteiger partial charge in [0.05, 0.1) is 0 Å². The van der Waals surface area contributed by atoms with Crippen LogP contribution in [0.5, 0.6) is 0 Å². The van der Waals surface area contributed by atoms with E-state index in [0.29, 0.717) is 18.0 Å². The van der Waals surface area contributed by atoms with Crippen molar-refractivity contribution in [1.82, 2.24) is 16.0 Å². The van der Waals surface area contributed by atoms with E-state index in [1.807, 2.05) is 30.3 Å². The van der Waals surface area contributed by atoms with Gasteiger partial charge < -0.3 is 16.0 Å². The lowest BCUT2D eigenvalue weighted by Crippen LogP contribution is -2.39. The number of amides is 1. The number of rotatable bonds is 10. The molecule has 1 unspecified atom stereocenters. The van der Waals surface area contributed by atoms with Gasteiger partial charge in [-0.2, -0.15) is 0 Å². The Morgan fingerprint density at radius 3 is 2.50 bits per heavy atom. The van der Waals surface area contributed by atoms with E-state index in [4.69, 9.17) is 0 Å². The van der Waals surface area contributed by atoms with Crippen LogP contribution in [0.2, 0.25) is 0 Å². The Kier molecular flexibility index (Phi) is 12.6. The number of thiophene rings is 1. The van der Waals surface area contributed by atoms with Crippen molar-refractivity contribution in [2.75, 3.05) is 26.2 Å². The van der Waals surface area contributed by atoms with Crippen molar-refractivity contribution in [2.45, 2.75) is 26.7 Å². The summed E-state index contributed by atoms with van der Waals surface area (Å²) in [7, 11) is 0. The Morgan fingerprint density at radius 2 is 1.82 bits per heavy atom. The van der Waals surface area contributed by atoms with Crippen LogP contribution in [0.1, 0.15) is 35.5 Å². The van der Waals surface area contributed by atoms with Gasteiger partial charge in [0.2, 0.25) is 0 Å². The molecule has 1 amide bonds. The van der Waals surface area contributed by atoms with Crippen LogP contribution in [0, 0.1) is 5.92 Å². The number of hydrogen-bond donors (Lipinski definition) is 3. The molecule has 0 saturated heterocycles. The standard InChI is InChI=1S/C21H30N4OS.HI/c1-3-22-21(25-16-17(2)15-19-11-7-14-27-19)24-13-8-12-23-20(26)18-9-5-4-6-10-18;/h4-7,9-11,14,17H,3,8,12-13,15-16H2,1-2H3,(H,23,26)(H2,22,24,25);1H. The molecule has 1 atom stereocenters. The molecule has 5 nitrogen and oxygen atoms in total. The molecule has 2 aromatic rings. The summed E-state index contributed by atoms with van der Waals surface area (Å²) in [6, 6.07) is 13.6. The van der Waals surface area contributed by atoms with E-state index in [9.17, 15) is 4.79 Å². The van der Waals surface area contributed by atoms with Crippen LogP contribution in [-0.4, -0.2) is 38.0 Å². The van der Waals surface area contributed by atoms with Gasteiger partial charge in [-0.05, 0) is 49.3 Å². The maximum atomic E-state index is 12.0. The molecule has 0 bridgehead atoms. The zero-order valence-corrected chi connectivity index (χ0v) is 19.8. The van der Waals surface area contributed by atoms with Crippen molar-refractivity contribution in [3.63, 3.8) is 0 Å². The Morgan fingerprint density at radius 1 is 1.07 bits per heavy atom. The van der Waals surface area contributed by atoms with Crippen molar-refractivity contribution in [2.24, 2.45) is 10.9 Å². The van der Waals surface area contributed by atoms with Crippen molar-refractivity contribution in [3.8, 4) is 0 Å². The first-order valence-electron chi connectivity index (χ1n) is 9.56. The minimum atomic E-state index is -0.0291. The molecular formula is C21H31IN4OS. The summed E-state index contributed by atoms with van der Waals surface area (Å²) in [5, 5.41) is 11.7. The number of carbonyl (C=O) groups is 1. The summed E-state index contributed by atoms with van der Waals surface area (Å²) in [5.41, 5.74) is 0.695. The summed E-state index contributed by atoms with van der Waals surface area (Å²) in [5.74, 6) is 1.31. The molecule has 7 heteroatoms. The van der Waals surface area contributed by atoms with Gasteiger partial charge in [0.1, 0.15) is 0 Å². The average molecular weight is 514 g/mol. The molecule has 154 valence electrons. The zero-order chi connectivity index (χ0) is 19.3. The quantitative estimate of drug-likeness (QED) is 0.195. The van der Waals surface area contributed by atoms with Crippen LogP contribution in [0.3, 0.4) is 0 Å². The number of aliphatic imine (C=N–C) groups is 1. The normalized spacial score (nSPS) is 12.0. The molecule has 1 aromatic heterocycles. The first-order valence-corrected chi connectivity index (χ1v) is 10.4. The Labute approximate surface area is 189 Å². The van der Waals surface area contributed by atoms with E-state index in [0.717, 1.165) is 38.4 Å². The second-order valence-electron chi connectivity index (χ2n) is 6.51. The van der Waals surface area contributed by atoms with Gasteiger partial charge in [-0.15, -0.1) is 35.3 Å². The summed E-state index contributed by atoms with van der Waals surface area (Å²) in [4.78, 5) is 18.1. The molecule has 0 fully saturated rings. The molecule has 3 N–H and O–H groups in total.